The highest BCUT2D eigenvalue weighted by Gasteiger charge is 2.57. The molecule has 3 aliphatic heterocycles. The quantitative estimate of drug-likeness (QED) is 0.280. The molecule has 2 atom stereocenters. The van der Waals surface area contributed by atoms with Crippen LogP contribution in [-0.4, -0.2) is 77.4 Å². The average molecular weight is 607 g/mol. The Labute approximate surface area is 264 Å². The molecule has 4 aromatic rings. The predicted molar refractivity (Wildman–Crippen MR) is 174 cm³/mol. The van der Waals surface area contributed by atoms with Crippen molar-refractivity contribution < 1.29 is 19.1 Å². The fourth-order valence-electron chi connectivity index (χ4n) is 7.69. The SMILES string of the molecule is CCCOc1ccc([C@@H]2CN3C(=O)CN(C4CCN(Cc5ccccc5)CC4)C(=O)[C@]3(C)c3[nH]c4ccccc4c32)cc1OC. The topological polar surface area (TPSA) is 78.1 Å². The summed E-state index contributed by atoms with van der Waals surface area (Å²) in [5.74, 6) is 1.24. The number of amides is 2. The van der Waals surface area contributed by atoms with Crippen LogP contribution < -0.4 is 9.47 Å². The van der Waals surface area contributed by atoms with Gasteiger partial charge in [-0.15, -0.1) is 0 Å². The van der Waals surface area contributed by atoms with E-state index >= 15 is 0 Å². The third kappa shape index (κ3) is 5.05. The highest BCUT2D eigenvalue weighted by Crippen LogP contribution is 2.49. The van der Waals surface area contributed by atoms with Gasteiger partial charge in [-0.25, -0.2) is 0 Å². The van der Waals surface area contributed by atoms with E-state index in [1.54, 1.807) is 7.11 Å². The molecule has 1 N–H and O–H groups in total. The summed E-state index contributed by atoms with van der Waals surface area (Å²) in [6, 6.07) is 24.8. The zero-order chi connectivity index (χ0) is 31.1. The van der Waals surface area contributed by atoms with E-state index in [2.05, 4.69) is 59.3 Å². The molecule has 0 spiro atoms. The van der Waals surface area contributed by atoms with Gasteiger partial charge in [-0.2, -0.15) is 0 Å². The molecule has 234 valence electrons. The molecule has 2 fully saturated rings. The Balaban J connectivity index is 1.22. The molecule has 8 heteroatoms. The van der Waals surface area contributed by atoms with Gasteiger partial charge < -0.3 is 24.3 Å². The number of piperidine rings is 1. The van der Waals surface area contributed by atoms with Gasteiger partial charge in [0.25, 0.3) is 5.91 Å². The highest BCUT2D eigenvalue weighted by atomic mass is 16.5. The smallest absolute Gasteiger partial charge is 0.255 e. The van der Waals surface area contributed by atoms with Gasteiger partial charge in [-0.1, -0.05) is 61.5 Å². The third-order valence-electron chi connectivity index (χ3n) is 10.1. The number of para-hydroxylation sites is 1. The number of methoxy groups -OCH3 is 1. The lowest BCUT2D eigenvalue weighted by Gasteiger charge is -2.53. The zero-order valence-electron chi connectivity index (χ0n) is 26.4. The first-order valence-corrected chi connectivity index (χ1v) is 16.2. The monoisotopic (exact) mass is 606 g/mol. The summed E-state index contributed by atoms with van der Waals surface area (Å²) >= 11 is 0. The lowest BCUT2D eigenvalue weighted by molar-refractivity contribution is -0.169. The van der Waals surface area contributed by atoms with Crippen molar-refractivity contribution in [1.29, 1.82) is 0 Å². The van der Waals surface area contributed by atoms with Crippen LogP contribution in [0.3, 0.4) is 0 Å². The van der Waals surface area contributed by atoms with Crippen LogP contribution in [0.25, 0.3) is 10.9 Å². The summed E-state index contributed by atoms with van der Waals surface area (Å²) in [4.78, 5) is 38.6. The number of rotatable bonds is 8. The van der Waals surface area contributed by atoms with Gasteiger partial charge in [0, 0.05) is 49.0 Å². The van der Waals surface area contributed by atoms with Crippen molar-refractivity contribution in [2.45, 2.75) is 57.2 Å². The number of likely N-dealkylation sites (tertiary alicyclic amines) is 1. The summed E-state index contributed by atoms with van der Waals surface area (Å²) < 4.78 is 11.7. The molecule has 4 heterocycles. The van der Waals surface area contributed by atoms with Crippen molar-refractivity contribution >= 4 is 22.7 Å². The van der Waals surface area contributed by atoms with Gasteiger partial charge in [-0.3, -0.25) is 14.5 Å². The van der Waals surface area contributed by atoms with Crippen LogP contribution in [0.4, 0.5) is 0 Å². The van der Waals surface area contributed by atoms with Crippen molar-refractivity contribution in [2.75, 3.05) is 39.9 Å². The number of benzene rings is 3. The van der Waals surface area contributed by atoms with E-state index in [-0.39, 0.29) is 30.3 Å². The summed E-state index contributed by atoms with van der Waals surface area (Å²) in [5, 5.41) is 1.08. The van der Waals surface area contributed by atoms with Gasteiger partial charge in [0.05, 0.1) is 19.4 Å². The maximum atomic E-state index is 14.7. The Hall–Kier alpha value is -4.30. The number of aromatic nitrogens is 1. The van der Waals surface area contributed by atoms with E-state index in [1.807, 2.05) is 47.1 Å². The number of H-pyrrole nitrogens is 1. The lowest BCUT2D eigenvalue weighted by Crippen LogP contribution is -2.69. The summed E-state index contributed by atoms with van der Waals surface area (Å²) in [5.41, 5.74) is 4.07. The number of carbonyl (C=O) groups is 2. The van der Waals surface area contributed by atoms with E-state index in [1.165, 1.54) is 5.56 Å². The molecule has 0 saturated carbocycles. The van der Waals surface area contributed by atoms with Gasteiger partial charge in [-0.05, 0) is 61.1 Å². The fraction of sp³-hybridized carbons (Fsp3) is 0.405. The number of nitrogens with one attached hydrogen (secondary N) is 1. The minimum atomic E-state index is -1.12. The highest BCUT2D eigenvalue weighted by molar-refractivity contribution is 6.01. The second-order valence-corrected chi connectivity index (χ2v) is 12.8. The Kier molecular flexibility index (Phi) is 7.78. The zero-order valence-corrected chi connectivity index (χ0v) is 26.4. The first-order chi connectivity index (χ1) is 21.9. The second kappa shape index (κ2) is 11.9. The molecule has 2 saturated heterocycles. The Bertz CT molecular complexity index is 1710. The van der Waals surface area contributed by atoms with Gasteiger partial charge in [0.1, 0.15) is 6.54 Å². The first-order valence-electron chi connectivity index (χ1n) is 16.2. The number of carbonyl (C=O) groups excluding carboxylic acids is 2. The van der Waals surface area contributed by atoms with Crippen LogP contribution >= 0.6 is 0 Å². The van der Waals surface area contributed by atoms with Crippen LogP contribution in [0.15, 0.2) is 72.8 Å². The van der Waals surface area contributed by atoms with Crippen LogP contribution in [0.5, 0.6) is 11.5 Å². The number of hydrogen-bond donors (Lipinski definition) is 1. The van der Waals surface area contributed by atoms with Crippen molar-refractivity contribution in [3.05, 3.63) is 95.2 Å². The molecule has 0 aliphatic carbocycles. The fourth-order valence-corrected chi connectivity index (χ4v) is 7.69. The molecule has 3 aromatic carbocycles. The van der Waals surface area contributed by atoms with Crippen LogP contribution in [0.2, 0.25) is 0 Å². The van der Waals surface area contributed by atoms with E-state index in [0.717, 1.165) is 66.6 Å². The molecule has 0 bridgehead atoms. The maximum absolute atomic E-state index is 14.7. The lowest BCUT2D eigenvalue weighted by atomic mass is 9.76. The van der Waals surface area contributed by atoms with Crippen molar-refractivity contribution in [3.63, 3.8) is 0 Å². The minimum Gasteiger partial charge on any atom is -0.493 e. The van der Waals surface area contributed by atoms with Gasteiger partial charge in [0.2, 0.25) is 5.91 Å². The molecule has 3 aliphatic rings. The molecule has 0 radical (unpaired) electrons. The maximum Gasteiger partial charge on any atom is 0.255 e. The summed E-state index contributed by atoms with van der Waals surface area (Å²) in [6.07, 6.45) is 2.62. The van der Waals surface area contributed by atoms with Crippen LogP contribution in [0.1, 0.15) is 61.4 Å². The van der Waals surface area contributed by atoms with Crippen molar-refractivity contribution in [2.24, 2.45) is 0 Å². The third-order valence-corrected chi connectivity index (χ3v) is 10.1. The van der Waals surface area contributed by atoms with Crippen molar-refractivity contribution in [3.8, 4) is 11.5 Å². The number of hydrogen-bond acceptors (Lipinski definition) is 5. The summed E-state index contributed by atoms with van der Waals surface area (Å²) in [6.45, 7) is 7.86. The molecule has 0 unspecified atom stereocenters. The number of nitrogens with zero attached hydrogens (tertiary/aromatic N) is 3. The number of fused-ring (bicyclic) bond motifs is 5. The van der Waals surface area contributed by atoms with Crippen molar-refractivity contribution in [1.82, 2.24) is 19.7 Å². The average Bonchev–Trinajstić information content (AvgIpc) is 3.47. The Morgan fingerprint density at radius 1 is 0.956 bits per heavy atom. The minimum absolute atomic E-state index is 0.00649. The Morgan fingerprint density at radius 3 is 2.47 bits per heavy atom. The normalized spacial score (nSPS) is 22.4. The first kappa shape index (κ1) is 29.4. The molecular weight excluding hydrogens is 564 g/mol. The predicted octanol–water partition coefficient (Wildman–Crippen LogP) is 5.66. The molecule has 7 rings (SSSR count). The molecular formula is C37H42N4O4. The second-order valence-electron chi connectivity index (χ2n) is 12.8. The van der Waals surface area contributed by atoms with E-state index in [9.17, 15) is 9.59 Å². The standard InChI is InChI=1S/C37H42N4O4/c1-4-20-45-31-15-14-26(21-32(31)44-3)29-23-41-33(42)24-40(27-16-18-39(19-17-27)22-25-10-6-5-7-11-25)36(43)37(41,2)35-34(29)28-12-8-9-13-30(28)38-35/h5-15,21,27,29,38H,4,16-20,22-24H2,1-3H3/t29-,37-/m0/s1. The summed E-state index contributed by atoms with van der Waals surface area (Å²) in [7, 11) is 1.65. The number of piperazine rings is 1. The van der Waals surface area contributed by atoms with E-state index < -0.39 is 5.54 Å². The Morgan fingerprint density at radius 2 is 1.71 bits per heavy atom. The van der Waals surface area contributed by atoms with Gasteiger partial charge in [0.15, 0.2) is 17.0 Å². The molecule has 8 nitrogen and oxygen atoms in total. The van der Waals surface area contributed by atoms with Gasteiger partial charge >= 0.3 is 0 Å². The molecule has 1 aromatic heterocycles. The van der Waals surface area contributed by atoms with E-state index in [4.69, 9.17) is 9.47 Å². The van der Waals surface area contributed by atoms with E-state index in [0.29, 0.717) is 24.7 Å². The number of aromatic amines is 1. The molecule has 2 amide bonds. The van der Waals surface area contributed by atoms with Crippen LogP contribution in [0, 0.1) is 0 Å². The number of ether oxygens (including phenoxy) is 2. The van der Waals surface area contributed by atoms with Crippen LogP contribution in [-0.2, 0) is 21.7 Å². The molecule has 45 heavy (non-hydrogen) atoms. The largest absolute Gasteiger partial charge is 0.493 e.